The van der Waals surface area contributed by atoms with E-state index in [2.05, 4.69) is 29.4 Å². The van der Waals surface area contributed by atoms with Crippen LogP contribution in [0, 0.1) is 5.92 Å². The molecule has 0 bridgehead atoms. The number of carbonyl (C=O) groups is 1. The van der Waals surface area contributed by atoms with E-state index in [9.17, 15) is 13.2 Å². The van der Waals surface area contributed by atoms with E-state index in [0.29, 0.717) is 22.5 Å². The van der Waals surface area contributed by atoms with E-state index < -0.39 is 16.1 Å². The third-order valence-corrected chi connectivity index (χ3v) is 7.16. The molecule has 1 amide bonds. The number of anilines is 2. The molecule has 0 aliphatic rings. The van der Waals surface area contributed by atoms with Gasteiger partial charge in [-0.1, -0.05) is 36.9 Å². The standard InChI is InChI=1S/C17H24N4O4S3/c1-11(2)10-26-17-20-19-16(27-17)18-15(22)12(3)25-14-8-6-13(7-9-14)21(4)28(5,23)24/h6-9,11-12H,10H2,1-5H3,(H,18,19,22)/t12-/m0/s1. The lowest BCUT2D eigenvalue weighted by Gasteiger charge is -2.18. The van der Waals surface area contributed by atoms with Gasteiger partial charge in [0.1, 0.15) is 5.75 Å². The number of ether oxygens (including phenoxy) is 1. The zero-order valence-electron chi connectivity index (χ0n) is 16.4. The second kappa shape index (κ2) is 9.57. The zero-order valence-corrected chi connectivity index (χ0v) is 18.8. The first-order valence-corrected chi connectivity index (χ1v) is 12.2. The van der Waals surface area contributed by atoms with E-state index in [1.165, 1.54) is 18.4 Å². The first-order chi connectivity index (χ1) is 13.1. The molecular weight excluding hydrogens is 420 g/mol. The van der Waals surface area contributed by atoms with Gasteiger partial charge in [-0.3, -0.25) is 14.4 Å². The molecule has 0 spiro atoms. The number of carbonyl (C=O) groups excluding carboxylic acids is 1. The number of rotatable bonds is 9. The molecule has 1 heterocycles. The quantitative estimate of drug-likeness (QED) is 0.468. The summed E-state index contributed by atoms with van der Waals surface area (Å²) in [5.41, 5.74) is 0.507. The SMILES string of the molecule is CC(C)CSc1nnc(NC(=O)[C@H](C)Oc2ccc(N(C)S(C)(=O)=O)cc2)s1. The maximum atomic E-state index is 12.3. The molecule has 2 aromatic rings. The van der Waals surface area contributed by atoms with Crippen molar-refractivity contribution in [2.45, 2.75) is 31.2 Å². The molecule has 28 heavy (non-hydrogen) atoms. The first-order valence-electron chi connectivity index (χ1n) is 8.54. The summed E-state index contributed by atoms with van der Waals surface area (Å²) in [5, 5.41) is 11.2. The average Bonchev–Trinajstić information content (AvgIpc) is 3.06. The lowest BCUT2D eigenvalue weighted by atomic mass is 10.3. The molecule has 2 rings (SSSR count). The number of nitrogens with one attached hydrogen (secondary N) is 1. The molecular formula is C17H24N4O4S3. The molecule has 0 aliphatic carbocycles. The summed E-state index contributed by atoms with van der Waals surface area (Å²) in [6.07, 6.45) is 0.374. The first kappa shape index (κ1) is 22.4. The highest BCUT2D eigenvalue weighted by molar-refractivity contribution is 8.01. The number of aromatic nitrogens is 2. The van der Waals surface area contributed by atoms with E-state index in [1.807, 2.05) is 0 Å². The van der Waals surface area contributed by atoms with Crippen LogP contribution >= 0.6 is 23.1 Å². The van der Waals surface area contributed by atoms with E-state index in [4.69, 9.17) is 4.74 Å². The van der Waals surface area contributed by atoms with Crippen molar-refractivity contribution in [1.82, 2.24) is 10.2 Å². The van der Waals surface area contributed by atoms with Crippen LogP contribution in [-0.2, 0) is 14.8 Å². The number of hydrogen-bond donors (Lipinski definition) is 1. The lowest BCUT2D eigenvalue weighted by molar-refractivity contribution is -0.122. The minimum absolute atomic E-state index is 0.339. The maximum absolute atomic E-state index is 12.3. The van der Waals surface area contributed by atoms with E-state index in [1.54, 1.807) is 43.0 Å². The molecule has 11 heteroatoms. The fraction of sp³-hybridized carbons (Fsp3) is 0.471. The highest BCUT2D eigenvalue weighted by Gasteiger charge is 2.18. The van der Waals surface area contributed by atoms with Crippen molar-refractivity contribution in [2.24, 2.45) is 5.92 Å². The largest absolute Gasteiger partial charge is 0.481 e. The predicted molar refractivity (Wildman–Crippen MR) is 114 cm³/mol. The van der Waals surface area contributed by atoms with Crippen LogP contribution in [0.4, 0.5) is 10.8 Å². The second-order valence-corrected chi connectivity index (χ2v) is 10.8. The van der Waals surface area contributed by atoms with Gasteiger partial charge in [0.2, 0.25) is 15.2 Å². The van der Waals surface area contributed by atoms with Gasteiger partial charge in [0.05, 0.1) is 11.9 Å². The Kier molecular flexibility index (Phi) is 7.67. The number of nitrogens with zero attached hydrogens (tertiary/aromatic N) is 3. The molecule has 0 aliphatic heterocycles. The van der Waals surface area contributed by atoms with Gasteiger partial charge in [0.15, 0.2) is 10.4 Å². The van der Waals surface area contributed by atoms with Crippen molar-refractivity contribution in [1.29, 1.82) is 0 Å². The molecule has 0 saturated heterocycles. The molecule has 1 N–H and O–H groups in total. The fourth-order valence-electron chi connectivity index (χ4n) is 1.95. The van der Waals surface area contributed by atoms with Crippen LogP contribution < -0.4 is 14.4 Å². The smallest absolute Gasteiger partial charge is 0.266 e. The number of thioether (sulfide) groups is 1. The van der Waals surface area contributed by atoms with Gasteiger partial charge in [-0.25, -0.2) is 8.42 Å². The Bertz CT molecular complexity index is 897. The van der Waals surface area contributed by atoms with Crippen molar-refractivity contribution in [2.75, 3.05) is 28.7 Å². The van der Waals surface area contributed by atoms with Gasteiger partial charge in [-0.05, 0) is 37.1 Å². The predicted octanol–water partition coefficient (Wildman–Crippen LogP) is 3.09. The molecule has 1 aromatic heterocycles. The summed E-state index contributed by atoms with van der Waals surface area (Å²) in [6.45, 7) is 5.88. The maximum Gasteiger partial charge on any atom is 0.266 e. The van der Waals surface area contributed by atoms with Crippen LogP contribution in [-0.4, -0.2) is 49.7 Å². The van der Waals surface area contributed by atoms with E-state index in [-0.39, 0.29) is 5.91 Å². The third kappa shape index (κ3) is 6.64. The molecule has 8 nitrogen and oxygen atoms in total. The van der Waals surface area contributed by atoms with Crippen molar-refractivity contribution < 1.29 is 17.9 Å². The summed E-state index contributed by atoms with van der Waals surface area (Å²) < 4.78 is 30.7. The van der Waals surface area contributed by atoms with Gasteiger partial charge < -0.3 is 4.74 Å². The monoisotopic (exact) mass is 444 g/mol. The van der Waals surface area contributed by atoms with Crippen LogP contribution in [0.5, 0.6) is 5.75 Å². The van der Waals surface area contributed by atoms with E-state index >= 15 is 0 Å². The molecule has 154 valence electrons. The van der Waals surface area contributed by atoms with E-state index in [0.717, 1.165) is 20.7 Å². The summed E-state index contributed by atoms with van der Waals surface area (Å²) in [5.74, 6) is 1.60. The Hall–Kier alpha value is -1.85. The van der Waals surface area contributed by atoms with Gasteiger partial charge in [-0.15, -0.1) is 10.2 Å². The third-order valence-electron chi connectivity index (χ3n) is 3.56. The summed E-state index contributed by atoms with van der Waals surface area (Å²) in [6, 6.07) is 6.47. The Morgan fingerprint density at radius 3 is 2.46 bits per heavy atom. The topological polar surface area (TPSA) is 101 Å². The summed E-state index contributed by atoms with van der Waals surface area (Å²) >= 11 is 2.93. The fourth-order valence-corrected chi connectivity index (χ4v) is 4.18. The van der Waals surface area contributed by atoms with Gasteiger partial charge in [-0.2, -0.15) is 0 Å². The Labute approximate surface area is 173 Å². The highest BCUT2D eigenvalue weighted by atomic mass is 32.2. The Balaban J connectivity index is 1.92. The van der Waals surface area contributed by atoms with Crippen molar-refractivity contribution in [3.8, 4) is 5.75 Å². The molecule has 0 fully saturated rings. The van der Waals surface area contributed by atoms with Crippen LogP contribution in [0.3, 0.4) is 0 Å². The molecule has 1 aromatic carbocycles. The average molecular weight is 445 g/mol. The van der Waals surface area contributed by atoms with Crippen molar-refractivity contribution >= 4 is 49.8 Å². The number of benzene rings is 1. The zero-order chi connectivity index (χ0) is 20.9. The Morgan fingerprint density at radius 1 is 1.25 bits per heavy atom. The number of hydrogen-bond acceptors (Lipinski definition) is 8. The van der Waals surface area contributed by atoms with Gasteiger partial charge in [0.25, 0.3) is 5.91 Å². The molecule has 1 atom stereocenters. The molecule has 0 saturated carbocycles. The van der Waals surface area contributed by atoms with Gasteiger partial charge in [0, 0.05) is 12.8 Å². The van der Waals surface area contributed by atoms with Crippen LogP contribution in [0.1, 0.15) is 20.8 Å². The van der Waals surface area contributed by atoms with Crippen LogP contribution in [0.2, 0.25) is 0 Å². The van der Waals surface area contributed by atoms with Crippen LogP contribution in [0.25, 0.3) is 0 Å². The lowest BCUT2D eigenvalue weighted by Crippen LogP contribution is -2.30. The molecule has 0 unspecified atom stereocenters. The molecule has 0 radical (unpaired) electrons. The second-order valence-electron chi connectivity index (χ2n) is 6.55. The number of sulfonamides is 1. The van der Waals surface area contributed by atoms with Gasteiger partial charge >= 0.3 is 0 Å². The highest BCUT2D eigenvalue weighted by Crippen LogP contribution is 2.27. The number of amides is 1. The summed E-state index contributed by atoms with van der Waals surface area (Å²) in [4.78, 5) is 12.3. The summed E-state index contributed by atoms with van der Waals surface area (Å²) in [7, 11) is -1.86. The van der Waals surface area contributed by atoms with Crippen LogP contribution in [0.15, 0.2) is 28.6 Å². The normalized spacial score (nSPS) is 12.6. The van der Waals surface area contributed by atoms with Crippen molar-refractivity contribution in [3.05, 3.63) is 24.3 Å². The Morgan fingerprint density at radius 2 is 1.89 bits per heavy atom. The minimum atomic E-state index is -3.33. The minimum Gasteiger partial charge on any atom is -0.481 e. The van der Waals surface area contributed by atoms with Crippen molar-refractivity contribution in [3.63, 3.8) is 0 Å².